The molecule has 6 N–H and O–H groups in total. The molecule has 2 aromatic rings. The van der Waals surface area contributed by atoms with Crippen molar-refractivity contribution in [3.63, 3.8) is 0 Å². The molecule has 0 radical (unpaired) electrons. The molecule has 7 unspecified atom stereocenters. The summed E-state index contributed by atoms with van der Waals surface area (Å²) in [6.07, 6.45) is 3.99. The lowest BCUT2D eigenvalue weighted by molar-refractivity contribution is -0.277. The van der Waals surface area contributed by atoms with E-state index >= 15 is 9.59 Å². The summed E-state index contributed by atoms with van der Waals surface area (Å²) in [5.41, 5.74) is 3.72. The highest BCUT2D eigenvalue weighted by Crippen LogP contribution is 2.72. The molecule has 346 valence electrons. The minimum atomic E-state index is -1.84. The average molecular weight is 889 g/mol. The number of ketones is 2. The molecule has 1 aromatic carbocycles. The second-order valence-electron chi connectivity index (χ2n) is 19.3. The van der Waals surface area contributed by atoms with E-state index in [2.05, 4.69) is 16.2 Å². The fourth-order valence-corrected chi connectivity index (χ4v) is 11.1. The van der Waals surface area contributed by atoms with Crippen LogP contribution in [0.25, 0.3) is 6.08 Å². The van der Waals surface area contributed by atoms with Gasteiger partial charge in [-0.1, -0.05) is 29.4 Å². The topological polar surface area (TPSA) is 244 Å². The summed E-state index contributed by atoms with van der Waals surface area (Å²) in [5, 5.41) is 47.6. The maximum Gasteiger partial charge on any atom is 0.333 e. The number of hydrogen-bond donors (Lipinski definition) is 5. The van der Waals surface area contributed by atoms with Gasteiger partial charge in [-0.15, -0.1) is 5.10 Å². The van der Waals surface area contributed by atoms with Gasteiger partial charge in [0.05, 0.1) is 36.8 Å². The molecule has 7 aliphatic rings. The first-order chi connectivity index (χ1) is 30.1. The molecule has 3 saturated carbocycles. The van der Waals surface area contributed by atoms with E-state index < -0.39 is 95.3 Å². The number of allylic oxidation sites excluding steroid dienone is 4. The molecule has 64 heavy (non-hydrogen) atoms. The Hall–Kier alpha value is -4.91. The Morgan fingerprint density at radius 1 is 1.00 bits per heavy atom. The van der Waals surface area contributed by atoms with Crippen LogP contribution in [0.2, 0.25) is 0 Å². The van der Waals surface area contributed by atoms with Gasteiger partial charge < -0.3 is 54.6 Å². The lowest BCUT2D eigenvalue weighted by atomic mass is 9.45. The van der Waals surface area contributed by atoms with Gasteiger partial charge in [-0.3, -0.25) is 9.59 Å². The zero-order valence-electron chi connectivity index (χ0n) is 37.8. The number of Topliss-reactive ketones (excluding diaryl/α,β-unsaturated/α-hetero) is 2. The number of rotatable bonds is 12. The van der Waals surface area contributed by atoms with Crippen LogP contribution in [0.1, 0.15) is 109 Å². The molecule has 3 aliphatic carbocycles. The third-order valence-electron chi connectivity index (χ3n) is 14.1. The summed E-state index contributed by atoms with van der Waals surface area (Å²) in [7, 11) is 1.27. The largest absolute Gasteiger partial charge is 0.482 e. The molecule has 4 aliphatic heterocycles. The smallest absolute Gasteiger partial charge is 0.333 e. The molecule has 1 aromatic heterocycles. The number of hydrogen-bond acceptors (Lipinski definition) is 16. The standard InChI is InChI=1S/C47H60N4O13/c1-22(2)11-10-16-45(8)17-15-26-37(62-45)25(13-12-23(3)4)39-30(38(26)61-42-36(56)35(55)33(53)28(20-52)60-42)34(54)31-32(51-21-49-43(48)50-51)27-19-29-44(6,7)64-46(40(27)57,47(29,31)63-39)18-14-24(5)41(58)59-9/h11-12,14-15,17,21,27-29,31-33,35-36,42,52-53,55-56H,10,13,16,18-20H2,1-9H3,(H2,48,50)/b24-14-/t27?,28-,29?,31?,32?,33-,35+,36-,42+,45?,46?,47?/m0/s1. The van der Waals surface area contributed by atoms with E-state index in [1.165, 1.54) is 18.1 Å². The predicted octanol–water partition coefficient (Wildman–Crippen LogP) is 3.91. The number of aliphatic hydroxyl groups is 4. The van der Waals surface area contributed by atoms with Crippen LogP contribution >= 0.6 is 0 Å². The molecule has 12 atom stereocenters. The van der Waals surface area contributed by atoms with Gasteiger partial charge in [-0.05, 0) is 93.2 Å². The molecule has 9 rings (SSSR count). The van der Waals surface area contributed by atoms with Crippen LogP contribution in [0, 0.1) is 17.8 Å². The maximum absolute atomic E-state index is 16.4. The fourth-order valence-electron chi connectivity index (χ4n) is 11.1. The van der Waals surface area contributed by atoms with Crippen molar-refractivity contribution < 1.29 is 63.2 Å². The van der Waals surface area contributed by atoms with Gasteiger partial charge in [-0.25, -0.2) is 14.5 Å². The van der Waals surface area contributed by atoms with Gasteiger partial charge in [0.2, 0.25) is 12.2 Å². The zero-order valence-corrected chi connectivity index (χ0v) is 37.8. The lowest BCUT2D eigenvalue weighted by Crippen LogP contribution is -2.78. The minimum Gasteiger partial charge on any atom is -0.482 e. The van der Waals surface area contributed by atoms with Crippen LogP contribution in [-0.4, -0.2) is 120 Å². The van der Waals surface area contributed by atoms with Crippen molar-refractivity contribution in [3.05, 3.63) is 64.0 Å². The predicted molar refractivity (Wildman–Crippen MR) is 230 cm³/mol. The van der Waals surface area contributed by atoms with Crippen LogP contribution in [-0.2, 0) is 30.2 Å². The Morgan fingerprint density at radius 3 is 2.36 bits per heavy atom. The Labute approximate surface area is 371 Å². The van der Waals surface area contributed by atoms with Gasteiger partial charge in [-0.2, -0.15) is 0 Å². The van der Waals surface area contributed by atoms with Crippen LogP contribution < -0.4 is 19.9 Å². The van der Waals surface area contributed by atoms with Crippen LogP contribution in [0.15, 0.2) is 47.4 Å². The highest BCUT2D eigenvalue weighted by Gasteiger charge is 2.86. The van der Waals surface area contributed by atoms with Crippen molar-refractivity contribution >= 4 is 29.6 Å². The Balaban J connectivity index is 1.43. The number of methoxy groups -OCH3 is 1. The molecule has 17 nitrogen and oxygen atoms in total. The highest BCUT2D eigenvalue weighted by molar-refractivity contribution is 6.10. The first-order valence-electron chi connectivity index (χ1n) is 21.9. The van der Waals surface area contributed by atoms with E-state index in [1.54, 1.807) is 19.1 Å². The van der Waals surface area contributed by atoms with E-state index in [9.17, 15) is 25.2 Å². The number of nitrogens with zero attached hydrogens (tertiary/aromatic N) is 3. The van der Waals surface area contributed by atoms with E-state index in [1.807, 2.05) is 60.6 Å². The number of esters is 1. The summed E-state index contributed by atoms with van der Waals surface area (Å²) in [5.74, 6) is -3.88. The summed E-state index contributed by atoms with van der Waals surface area (Å²) in [6, 6.07) is -0.979. The van der Waals surface area contributed by atoms with Crippen molar-refractivity contribution in [2.24, 2.45) is 17.8 Å². The number of carbonyl (C=O) groups excluding carboxylic acids is 3. The number of benzene rings is 1. The quantitative estimate of drug-likeness (QED) is 0.115. The van der Waals surface area contributed by atoms with Gasteiger partial charge in [0.15, 0.2) is 22.8 Å². The molecule has 17 heteroatoms. The Bertz CT molecular complexity index is 2380. The highest BCUT2D eigenvalue weighted by atomic mass is 16.7. The Kier molecular flexibility index (Phi) is 11.6. The van der Waals surface area contributed by atoms with E-state index in [4.69, 9.17) is 34.2 Å². The van der Waals surface area contributed by atoms with Crippen LogP contribution in [0.5, 0.6) is 17.2 Å². The number of nitrogen functional groups attached to an aromatic ring is 1. The third-order valence-corrected chi connectivity index (χ3v) is 14.1. The van der Waals surface area contributed by atoms with Gasteiger partial charge >= 0.3 is 5.97 Å². The second-order valence-corrected chi connectivity index (χ2v) is 19.3. The first kappa shape index (κ1) is 45.7. The first-order valence-corrected chi connectivity index (χ1v) is 21.9. The summed E-state index contributed by atoms with van der Waals surface area (Å²) < 4.78 is 40.7. The number of aliphatic hydroxyl groups excluding tert-OH is 4. The molecule has 4 bridgehead atoms. The number of fused-ring (bicyclic) bond motifs is 2. The molecule has 5 heterocycles. The van der Waals surface area contributed by atoms with Crippen molar-refractivity contribution in [1.29, 1.82) is 0 Å². The van der Waals surface area contributed by atoms with E-state index in [0.29, 0.717) is 29.7 Å². The number of anilines is 1. The van der Waals surface area contributed by atoms with Gasteiger partial charge in [0.25, 0.3) is 0 Å². The zero-order chi connectivity index (χ0) is 46.4. The molecular formula is C47H60N4O13. The number of ether oxygens (including phenoxy) is 6. The normalized spacial score (nSPS) is 35.4. The maximum atomic E-state index is 16.4. The minimum absolute atomic E-state index is 0.0448. The van der Waals surface area contributed by atoms with E-state index in [-0.39, 0.29) is 53.6 Å². The summed E-state index contributed by atoms with van der Waals surface area (Å²) in [4.78, 5) is 48.8. The molecule has 1 spiro atoms. The lowest BCUT2D eigenvalue weighted by Gasteiger charge is -2.62. The SMILES string of the molecule is COC(=O)/C(C)=C\CC12OC(C)(C)C3CC(C1=O)C(n1cnc(N)n1)C1C(=O)c4c(O[C@H]5O[C@@H](CO)[C@H](O)[C@@H](O)[C@@H]5O)c5c(c(CC=C(C)C)c4OC132)OC(C)(CCC=C(C)C)C=C5. The average Bonchev–Trinajstić information content (AvgIpc) is 3.73. The van der Waals surface area contributed by atoms with Crippen molar-refractivity contribution in [2.75, 3.05) is 19.5 Å². The fraction of sp³-hybridized carbons (Fsp3) is 0.596. The third kappa shape index (κ3) is 6.92. The number of carbonyl (C=O) groups is 3. The van der Waals surface area contributed by atoms with Crippen LogP contribution in [0.4, 0.5) is 5.95 Å². The van der Waals surface area contributed by atoms with Crippen molar-refractivity contribution in [3.8, 4) is 17.2 Å². The second kappa shape index (κ2) is 16.2. The molecule has 5 fully saturated rings. The number of nitrogens with two attached hydrogens (primary N) is 1. The summed E-state index contributed by atoms with van der Waals surface area (Å²) in [6.45, 7) is 14.5. The molecular weight excluding hydrogens is 829 g/mol. The number of aromatic nitrogens is 3. The molecule has 0 amide bonds. The van der Waals surface area contributed by atoms with Crippen molar-refractivity contribution in [1.82, 2.24) is 14.8 Å². The van der Waals surface area contributed by atoms with Crippen molar-refractivity contribution in [2.45, 2.75) is 147 Å². The van der Waals surface area contributed by atoms with Crippen LogP contribution in [0.3, 0.4) is 0 Å². The van der Waals surface area contributed by atoms with Gasteiger partial charge in [0.1, 0.15) is 59.2 Å². The molecule has 2 saturated heterocycles. The van der Waals surface area contributed by atoms with Gasteiger partial charge in [0, 0.05) is 29.4 Å². The Morgan fingerprint density at radius 2 is 1.72 bits per heavy atom. The monoisotopic (exact) mass is 888 g/mol. The summed E-state index contributed by atoms with van der Waals surface area (Å²) >= 11 is 0. The van der Waals surface area contributed by atoms with E-state index in [0.717, 1.165) is 11.1 Å².